The summed E-state index contributed by atoms with van der Waals surface area (Å²) in [7, 11) is 1.28. The predicted octanol–water partition coefficient (Wildman–Crippen LogP) is 1.76. The summed E-state index contributed by atoms with van der Waals surface area (Å²) in [5.74, 6) is 0.0811. The number of methoxy groups -OCH3 is 1. The number of hydrogen-bond donors (Lipinski definition) is 0. The van der Waals surface area contributed by atoms with Crippen LogP contribution in [0.15, 0.2) is 30.9 Å². The summed E-state index contributed by atoms with van der Waals surface area (Å²) in [5, 5.41) is 0. The second-order valence-electron chi connectivity index (χ2n) is 3.47. The Morgan fingerprint density at radius 3 is 2.72 bits per heavy atom. The molecule has 0 unspecified atom stereocenters. The van der Waals surface area contributed by atoms with E-state index in [1.165, 1.54) is 19.6 Å². The van der Waals surface area contributed by atoms with E-state index in [4.69, 9.17) is 4.74 Å². The zero-order valence-electron chi connectivity index (χ0n) is 9.95. The largest absolute Gasteiger partial charge is 0.465 e. The highest BCUT2D eigenvalue weighted by Crippen LogP contribution is 2.22. The zero-order chi connectivity index (χ0) is 13.0. The van der Waals surface area contributed by atoms with Crippen molar-refractivity contribution in [2.45, 2.75) is 6.92 Å². The van der Waals surface area contributed by atoms with Gasteiger partial charge in [0.1, 0.15) is 17.6 Å². The highest BCUT2D eigenvalue weighted by molar-refractivity contribution is 5.91. The summed E-state index contributed by atoms with van der Waals surface area (Å²) < 4.78 is 10.1. The van der Waals surface area contributed by atoms with Gasteiger partial charge in [-0.2, -0.15) is 0 Å². The van der Waals surface area contributed by atoms with Gasteiger partial charge in [-0.25, -0.2) is 14.8 Å². The van der Waals surface area contributed by atoms with Crippen LogP contribution in [0.25, 0.3) is 0 Å². The third-order valence-electron chi connectivity index (χ3n) is 2.18. The molecule has 0 amide bonds. The van der Waals surface area contributed by atoms with E-state index in [-0.39, 0.29) is 11.4 Å². The number of carbonyl (C=O) groups is 1. The molecule has 0 aliphatic heterocycles. The third kappa shape index (κ3) is 2.60. The van der Waals surface area contributed by atoms with E-state index < -0.39 is 5.97 Å². The van der Waals surface area contributed by atoms with Crippen molar-refractivity contribution in [3.05, 3.63) is 42.1 Å². The van der Waals surface area contributed by atoms with Gasteiger partial charge in [0.25, 0.3) is 0 Å². The lowest BCUT2D eigenvalue weighted by Gasteiger charge is -2.07. The van der Waals surface area contributed by atoms with E-state index >= 15 is 0 Å². The van der Waals surface area contributed by atoms with E-state index in [0.29, 0.717) is 5.75 Å². The van der Waals surface area contributed by atoms with Crippen LogP contribution in [0.1, 0.15) is 16.1 Å². The van der Waals surface area contributed by atoms with Crippen LogP contribution in [0.5, 0.6) is 11.6 Å². The molecule has 6 heteroatoms. The van der Waals surface area contributed by atoms with Crippen LogP contribution >= 0.6 is 0 Å². The van der Waals surface area contributed by atoms with Crippen molar-refractivity contribution in [3.63, 3.8) is 0 Å². The molecule has 0 bridgehead atoms. The molecule has 2 heterocycles. The fourth-order valence-electron chi connectivity index (χ4n) is 1.28. The van der Waals surface area contributed by atoms with Crippen molar-refractivity contribution in [2.24, 2.45) is 0 Å². The van der Waals surface area contributed by atoms with Crippen LogP contribution in [0.2, 0.25) is 0 Å². The first-order valence-electron chi connectivity index (χ1n) is 5.19. The Morgan fingerprint density at radius 1 is 1.22 bits per heavy atom. The summed E-state index contributed by atoms with van der Waals surface area (Å²) in [5.41, 5.74) is 1.04. The maximum absolute atomic E-state index is 11.5. The maximum Gasteiger partial charge on any atom is 0.345 e. The molecule has 0 aromatic carbocycles. The Balaban J connectivity index is 2.28. The number of rotatable bonds is 3. The first kappa shape index (κ1) is 12.0. The lowest BCUT2D eigenvalue weighted by atomic mass is 10.3. The minimum Gasteiger partial charge on any atom is -0.465 e. The summed E-state index contributed by atoms with van der Waals surface area (Å²) in [6, 6.07) is 3.54. The quantitative estimate of drug-likeness (QED) is 0.767. The van der Waals surface area contributed by atoms with Crippen molar-refractivity contribution in [1.82, 2.24) is 15.0 Å². The molecule has 2 aromatic rings. The number of esters is 1. The molecule has 18 heavy (non-hydrogen) atoms. The predicted molar refractivity (Wildman–Crippen MR) is 62.4 cm³/mol. The summed E-state index contributed by atoms with van der Waals surface area (Å²) in [6.07, 6.45) is 4.19. The van der Waals surface area contributed by atoms with Gasteiger partial charge in [0.2, 0.25) is 5.88 Å². The summed E-state index contributed by atoms with van der Waals surface area (Å²) in [4.78, 5) is 23.2. The molecule has 92 valence electrons. The third-order valence-corrected chi connectivity index (χ3v) is 2.18. The van der Waals surface area contributed by atoms with Gasteiger partial charge in [-0.15, -0.1) is 0 Å². The van der Waals surface area contributed by atoms with E-state index in [2.05, 4.69) is 19.7 Å². The average Bonchev–Trinajstić information content (AvgIpc) is 2.41. The first-order chi connectivity index (χ1) is 8.70. The second kappa shape index (κ2) is 5.22. The lowest BCUT2D eigenvalue weighted by molar-refractivity contribution is 0.0596. The molecule has 0 fully saturated rings. The Bertz CT molecular complexity index is 555. The van der Waals surface area contributed by atoms with Gasteiger partial charge in [-0.05, 0) is 19.1 Å². The number of hydrogen-bond acceptors (Lipinski definition) is 6. The number of nitrogens with zero attached hydrogens (tertiary/aromatic N) is 3. The molecule has 0 saturated carbocycles. The van der Waals surface area contributed by atoms with Crippen LogP contribution in [0.4, 0.5) is 0 Å². The van der Waals surface area contributed by atoms with Crippen LogP contribution in [0, 0.1) is 6.92 Å². The highest BCUT2D eigenvalue weighted by Gasteiger charge is 2.15. The van der Waals surface area contributed by atoms with Crippen LogP contribution in [0.3, 0.4) is 0 Å². The van der Waals surface area contributed by atoms with Crippen LogP contribution in [-0.2, 0) is 4.74 Å². The molecule has 0 aliphatic carbocycles. The molecule has 6 nitrogen and oxygen atoms in total. The molecule has 0 aliphatic rings. The zero-order valence-corrected chi connectivity index (χ0v) is 9.95. The van der Waals surface area contributed by atoms with Crippen molar-refractivity contribution in [3.8, 4) is 11.6 Å². The standard InChI is InChI=1S/C12H11N3O3/c1-8-3-4-9(5-14-8)18-11-10(12(16)17-2)6-13-7-15-11/h3-7H,1-2H3. The molecule has 0 saturated heterocycles. The van der Waals surface area contributed by atoms with E-state index in [1.807, 2.05) is 6.92 Å². The maximum atomic E-state index is 11.5. The summed E-state index contributed by atoms with van der Waals surface area (Å²) >= 11 is 0. The molecular weight excluding hydrogens is 234 g/mol. The molecule has 0 N–H and O–H groups in total. The molecule has 2 rings (SSSR count). The van der Waals surface area contributed by atoms with E-state index in [0.717, 1.165) is 5.69 Å². The van der Waals surface area contributed by atoms with Crippen molar-refractivity contribution in [2.75, 3.05) is 7.11 Å². The Morgan fingerprint density at radius 2 is 2.06 bits per heavy atom. The van der Waals surface area contributed by atoms with Crippen molar-refractivity contribution < 1.29 is 14.3 Å². The highest BCUT2D eigenvalue weighted by atomic mass is 16.5. The van der Waals surface area contributed by atoms with E-state index in [1.54, 1.807) is 18.3 Å². The topological polar surface area (TPSA) is 74.2 Å². The molecule has 0 radical (unpaired) electrons. The number of ether oxygens (including phenoxy) is 2. The fraction of sp³-hybridized carbons (Fsp3) is 0.167. The Kier molecular flexibility index (Phi) is 3.47. The Hall–Kier alpha value is -2.50. The number of aryl methyl sites for hydroxylation is 1. The average molecular weight is 245 g/mol. The lowest BCUT2D eigenvalue weighted by Crippen LogP contribution is -2.05. The van der Waals surface area contributed by atoms with Gasteiger partial charge in [0.15, 0.2) is 0 Å². The molecular formula is C12H11N3O3. The second-order valence-corrected chi connectivity index (χ2v) is 3.47. The van der Waals surface area contributed by atoms with Gasteiger partial charge >= 0.3 is 5.97 Å². The van der Waals surface area contributed by atoms with Gasteiger partial charge < -0.3 is 9.47 Å². The van der Waals surface area contributed by atoms with Gasteiger partial charge in [-0.1, -0.05) is 0 Å². The van der Waals surface area contributed by atoms with Crippen molar-refractivity contribution >= 4 is 5.97 Å². The monoisotopic (exact) mass is 245 g/mol. The summed E-state index contributed by atoms with van der Waals surface area (Å²) in [6.45, 7) is 1.87. The van der Waals surface area contributed by atoms with E-state index in [9.17, 15) is 4.79 Å². The fourth-order valence-corrected chi connectivity index (χ4v) is 1.28. The minimum absolute atomic E-state index is 0.141. The first-order valence-corrected chi connectivity index (χ1v) is 5.19. The molecule has 2 aromatic heterocycles. The molecule has 0 spiro atoms. The van der Waals surface area contributed by atoms with Gasteiger partial charge in [-0.3, -0.25) is 4.98 Å². The van der Waals surface area contributed by atoms with Crippen LogP contribution in [-0.4, -0.2) is 28.0 Å². The normalized spacial score (nSPS) is 9.89. The SMILES string of the molecule is COC(=O)c1cncnc1Oc1ccc(C)nc1. The van der Waals surface area contributed by atoms with Gasteiger partial charge in [0, 0.05) is 11.9 Å². The van der Waals surface area contributed by atoms with Crippen molar-refractivity contribution in [1.29, 1.82) is 0 Å². The van der Waals surface area contributed by atoms with Gasteiger partial charge in [0.05, 0.1) is 13.3 Å². The number of pyridine rings is 1. The van der Waals surface area contributed by atoms with Crippen LogP contribution < -0.4 is 4.74 Å². The number of aromatic nitrogens is 3. The minimum atomic E-state index is -0.550. The smallest absolute Gasteiger partial charge is 0.345 e. The Labute approximate surface area is 104 Å². The number of carbonyl (C=O) groups excluding carboxylic acids is 1. The molecule has 0 atom stereocenters.